The lowest BCUT2D eigenvalue weighted by atomic mass is 9.83. The molecule has 3 rings (SSSR count). The summed E-state index contributed by atoms with van der Waals surface area (Å²) in [4.78, 5) is 19.8. The van der Waals surface area contributed by atoms with Crippen LogP contribution in [0.5, 0.6) is 0 Å². The fourth-order valence-corrected chi connectivity index (χ4v) is 3.33. The number of benzene rings is 1. The normalized spacial score (nSPS) is 16.8. The van der Waals surface area contributed by atoms with E-state index in [9.17, 15) is 4.79 Å². The molecule has 2 heterocycles. The van der Waals surface area contributed by atoms with Crippen LogP contribution in [0.4, 0.5) is 0 Å². The van der Waals surface area contributed by atoms with E-state index in [0.717, 1.165) is 36.1 Å². The first-order valence-electron chi connectivity index (χ1n) is 8.18. The van der Waals surface area contributed by atoms with Crippen molar-refractivity contribution >= 4 is 16.7 Å². The van der Waals surface area contributed by atoms with Crippen LogP contribution in [0.25, 0.3) is 10.9 Å². The molecule has 2 aromatic rings. The predicted octanol–water partition coefficient (Wildman–Crippen LogP) is 3.93. The Morgan fingerprint density at radius 2 is 1.91 bits per heavy atom. The van der Waals surface area contributed by atoms with E-state index in [1.807, 2.05) is 30.3 Å². The van der Waals surface area contributed by atoms with Crippen molar-refractivity contribution in [2.24, 2.45) is 5.41 Å². The Morgan fingerprint density at radius 3 is 2.68 bits per heavy atom. The van der Waals surface area contributed by atoms with Gasteiger partial charge in [0.05, 0.1) is 5.52 Å². The first kappa shape index (κ1) is 15.2. The maximum absolute atomic E-state index is 12.9. The van der Waals surface area contributed by atoms with Gasteiger partial charge in [-0.3, -0.25) is 9.78 Å². The van der Waals surface area contributed by atoms with E-state index in [4.69, 9.17) is 0 Å². The van der Waals surface area contributed by atoms with Crippen molar-refractivity contribution in [1.82, 2.24) is 9.88 Å². The molecular weight excluding hydrogens is 272 g/mol. The number of Topliss-reactive ketones (excluding diaryl/α,β-unsaturated/α-hetero) is 1. The molecule has 0 bridgehead atoms. The van der Waals surface area contributed by atoms with Gasteiger partial charge in [0.2, 0.25) is 0 Å². The molecular formula is C19H24N2O. The number of likely N-dealkylation sites (tertiary alicyclic amines) is 1. The van der Waals surface area contributed by atoms with Crippen LogP contribution in [0.1, 0.15) is 43.5 Å². The van der Waals surface area contributed by atoms with E-state index in [1.54, 1.807) is 6.20 Å². The van der Waals surface area contributed by atoms with Crippen LogP contribution in [0.2, 0.25) is 0 Å². The maximum atomic E-state index is 12.9. The van der Waals surface area contributed by atoms with Gasteiger partial charge in [0.1, 0.15) is 0 Å². The summed E-state index contributed by atoms with van der Waals surface area (Å²) in [6.45, 7) is 7.18. The molecule has 0 atom stereocenters. The number of pyridine rings is 1. The number of ketones is 1. The number of carbonyl (C=O) groups excluding carboxylic acids is 1. The highest BCUT2D eigenvalue weighted by atomic mass is 16.1. The third-order valence-electron chi connectivity index (χ3n) is 4.53. The number of carbonyl (C=O) groups is 1. The average molecular weight is 296 g/mol. The molecule has 1 saturated heterocycles. The van der Waals surface area contributed by atoms with E-state index < -0.39 is 0 Å². The first-order chi connectivity index (χ1) is 10.6. The molecule has 116 valence electrons. The molecule has 1 aromatic heterocycles. The van der Waals surface area contributed by atoms with Crippen molar-refractivity contribution in [3.63, 3.8) is 0 Å². The zero-order chi connectivity index (χ0) is 15.6. The molecule has 1 aliphatic heterocycles. The third-order valence-corrected chi connectivity index (χ3v) is 4.53. The van der Waals surface area contributed by atoms with Crippen molar-refractivity contribution in [2.75, 3.05) is 19.6 Å². The molecule has 0 unspecified atom stereocenters. The van der Waals surface area contributed by atoms with Crippen LogP contribution in [0.15, 0.2) is 36.5 Å². The maximum Gasteiger partial charge on any atom is 0.171 e. The Balaban J connectivity index is 1.80. The van der Waals surface area contributed by atoms with Crippen LogP contribution in [-0.4, -0.2) is 35.3 Å². The standard InChI is InChI=1S/C19H24N2O/c1-19(2,14-21-10-6-3-7-11-21)18(22)16-12-15-8-4-5-9-17(15)20-13-16/h4-5,8-9,12-13H,3,6-7,10-11,14H2,1-2H3. The number of piperidine rings is 1. The molecule has 3 heteroatoms. The number of fused-ring (bicyclic) bond motifs is 1. The minimum atomic E-state index is -0.374. The summed E-state index contributed by atoms with van der Waals surface area (Å²) in [5, 5.41) is 1.03. The molecule has 0 aliphatic carbocycles. The van der Waals surface area contributed by atoms with Gasteiger partial charge in [-0.15, -0.1) is 0 Å². The smallest absolute Gasteiger partial charge is 0.171 e. The molecule has 0 amide bonds. The van der Waals surface area contributed by atoms with Gasteiger partial charge in [0.25, 0.3) is 0 Å². The first-order valence-corrected chi connectivity index (χ1v) is 8.18. The average Bonchev–Trinajstić information content (AvgIpc) is 2.54. The predicted molar refractivity (Wildman–Crippen MR) is 90.1 cm³/mol. The van der Waals surface area contributed by atoms with Crippen LogP contribution in [0.3, 0.4) is 0 Å². The fourth-order valence-electron chi connectivity index (χ4n) is 3.33. The quantitative estimate of drug-likeness (QED) is 0.802. The highest BCUT2D eigenvalue weighted by Crippen LogP contribution is 2.26. The van der Waals surface area contributed by atoms with Crippen molar-refractivity contribution in [3.05, 3.63) is 42.1 Å². The van der Waals surface area contributed by atoms with E-state index in [-0.39, 0.29) is 11.2 Å². The van der Waals surface area contributed by atoms with Crippen molar-refractivity contribution < 1.29 is 4.79 Å². The molecule has 3 nitrogen and oxygen atoms in total. The zero-order valence-electron chi connectivity index (χ0n) is 13.5. The van der Waals surface area contributed by atoms with Gasteiger partial charge in [0.15, 0.2) is 5.78 Å². The summed E-state index contributed by atoms with van der Waals surface area (Å²) in [6, 6.07) is 9.91. The van der Waals surface area contributed by atoms with Crippen LogP contribution >= 0.6 is 0 Å². The van der Waals surface area contributed by atoms with Crippen LogP contribution < -0.4 is 0 Å². The molecule has 1 aromatic carbocycles. The largest absolute Gasteiger partial charge is 0.302 e. The third kappa shape index (κ3) is 3.20. The Labute approximate surface area is 132 Å². The van der Waals surface area contributed by atoms with E-state index in [2.05, 4.69) is 23.7 Å². The van der Waals surface area contributed by atoms with Crippen LogP contribution in [0, 0.1) is 5.41 Å². The fraction of sp³-hybridized carbons (Fsp3) is 0.474. The van der Waals surface area contributed by atoms with Gasteiger partial charge in [-0.25, -0.2) is 0 Å². The van der Waals surface area contributed by atoms with Gasteiger partial charge in [-0.1, -0.05) is 38.5 Å². The second-order valence-corrected chi connectivity index (χ2v) is 6.97. The molecule has 0 spiro atoms. The minimum absolute atomic E-state index is 0.191. The van der Waals surface area contributed by atoms with Crippen LogP contribution in [-0.2, 0) is 0 Å². The summed E-state index contributed by atoms with van der Waals surface area (Å²) in [7, 11) is 0. The SMILES string of the molecule is CC(C)(CN1CCCCC1)C(=O)c1cnc2ccccc2c1. The van der Waals surface area contributed by atoms with E-state index >= 15 is 0 Å². The van der Waals surface area contributed by atoms with E-state index in [0.29, 0.717) is 0 Å². The number of nitrogens with zero attached hydrogens (tertiary/aromatic N) is 2. The second-order valence-electron chi connectivity index (χ2n) is 6.97. The highest BCUT2D eigenvalue weighted by molar-refractivity contribution is 6.02. The van der Waals surface area contributed by atoms with Gasteiger partial charge in [0, 0.05) is 29.1 Å². The minimum Gasteiger partial charge on any atom is -0.302 e. The molecule has 1 aliphatic rings. The molecule has 0 radical (unpaired) electrons. The topological polar surface area (TPSA) is 33.2 Å². The van der Waals surface area contributed by atoms with Gasteiger partial charge in [-0.2, -0.15) is 0 Å². The Bertz CT molecular complexity index is 672. The number of aromatic nitrogens is 1. The van der Waals surface area contributed by atoms with Crippen molar-refractivity contribution in [1.29, 1.82) is 0 Å². The summed E-state index contributed by atoms with van der Waals surface area (Å²) in [5.74, 6) is 0.191. The van der Waals surface area contributed by atoms with Crippen molar-refractivity contribution in [2.45, 2.75) is 33.1 Å². The van der Waals surface area contributed by atoms with Gasteiger partial charge in [-0.05, 0) is 38.1 Å². The Kier molecular flexibility index (Phi) is 4.25. The second kappa shape index (κ2) is 6.17. The number of rotatable bonds is 4. The lowest BCUT2D eigenvalue weighted by molar-refractivity contribution is 0.0744. The summed E-state index contributed by atoms with van der Waals surface area (Å²) in [5.41, 5.74) is 1.29. The number of hydrogen-bond donors (Lipinski definition) is 0. The Hall–Kier alpha value is -1.74. The molecule has 0 saturated carbocycles. The highest BCUT2D eigenvalue weighted by Gasteiger charge is 2.31. The summed E-state index contributed by atoms with van der Waals surface area (Å²) >= 11 is 0. The van der Waals surface area contributed by atoms with Gasteiger partial charge >= 0.3 is 0 Å². The van der Waals surface area contributed by atoms with Crippen molar-refractivity contribution in [3.8, 4) is 0 Å². The lowest BCUT2D eigenvalue weighted by Gasteiger charge is -2.34. The number of para-hydroxylation sites is 1. The monoisotopic (exact) mass is 296 g/mol. The lowest BCUT2D eigenvalue weighted by Crippen LogP contribution is -2.41. The van der Waals surface area contributed by atoms with E-state index in [1.165, 1.54) is 19.3 Å². The summed E-state index contributed by atoms with van der Waals surface area (Å²) in [6.07, 6.45) is 5.55. The summed E-state index contributed by atoms with van der Waals surface area (Å²) < 4.78 is 0. The molecule has 22 heavy (non-hydrogen) atoms. The number of hydrogen-bond acceptors (Lipinski definition) is 3. The molecule has 0 N–H and O–H groups in total. The molecule has 1 fully saturated rings. The Morgan fingerprint density at radius 1 is 1.18 bits per heavy atom. The van der Waals surface area contributed by atoms with Gasteiger partial charge < -0.3 is 4.90 Å². The zero-order valence-corrected chi connectivity index (χ0v) is 13.5.